The van der Waals surface area contributed by atoms with Crippen molar-refractivity contribution in [2.24, 2.45) is 0 Å². The number of esters is 1. The molecule has 0 heterocycles. The lowest BCUT2D eigenvalue weighted by atomic mass is 10.4. The van der Waals surface area contributed by atoms with E-state index in [1.165, 1.54) is 0 Å². The van der Waals surface area contributed by atoms with E-state index in [4.69, 9.17) is 23.4 Å². The van der Waals surface area contributed by atoms with Gasteiger partial charge in [-0.05, 0) is 54.3 Å². The lowest BCUT2D eigenvalue weighted by Gasteiger charge is -2.28. The SMILES string of the molecule is C=C(C)C(=O)OC(C)OC(C)OC(C)OC(C)O[Si](C)(C)C. The standard InChI is InChI=1S/C15H30O6Si/c1-10(2)15(16)20-13(5)18-11(3)17-12(4)19-14(6)21-22(7,8)9/h11-14H,1H2,2-9H3. The summed E-state index contributed by atoms with van der Waals surface area (Å²) in [6.45, 7) is 18.2. The quantitative estimate of drug-likeness (QED) is 0.264. The second-order valence-corrected chi connectivity index (χ2v) is 10.6. The molecule has 0 aromatic heterocycles. The zero-order valence-electron chi connectivity index (χ0n) is 15.0. The van der Waals surface area contributed by atoms with E-state index in [2.05, 4.69) is 26.2 Å². The van der Waals surface area contributed by atoms with Crippen LogP contribution >= 0.6 is 0 Å². The smallest absolute Gasteiger partial charge is 0.335 e. The summed E-state index contributed by atoms with van der Waals surface area (Å²) in [5, 5.41) is 0. The van der Waals surface area contributed by atoms with Gasteiger partial charge in [0.2, 0.25) is 6.29 Å². The largest absolute Gasteiger partial charge is 0.433 e. The Morgan fingerprint density at radius 2 is 1.27 bits per heavy atom. The molecule has 0 radical (unpaired) electrons. The van der Waals surface area contributed by atoms with Crippen LogP contribution in [0.25, 0.3) is 0 Å². The van der Waals surface area contributed by atoms with E-state index in [9.17, 15) is 4.79 Å². The van der Waals surface area contributed by atoms with Crippen molar-refractivity contribution in [3.8, 4) is 0 Å². The van der Waals surface area contributed by atoms with Gasteiger partial charge in [-0.25, -0.2) is 4.79 Å². The molecule has 0 fully saturated rings. The normalized spacial score (nSPS) is 17.5. The average molecular weight is 334 g/mol. The molecule has 22 heavy (non-hydrogen) atoms. The van der Waals surface area contributed by atoms with E-state index in [1.807, 2.05) is 6.92 Å². The molecule has 0 spiro atoms. The van der Waals surface area contributed by atoms with Crippen LogP contribution in [0, 0.1) is 0 Å². The van der Waals surface area contributed by atoms with Crippen LogP contribution in [-0.2, 0) is 28.2 Å². The van der Waals surface area contributed by atoms with Gasteiger partial charge in [-0.3, -0.25) is 0 Å². The van der Waals surface area contributed by atoms with Gasteiger partial charge in [0.1, 0.15) is 6.29 Å². The molecular weight excluding hydrogens is 304 g/mol. The van der Waals surface area contributed by atoms with Crippen LogP contribution in [0.4, 0.5) is 0 Å². The molecule has 4 atom stereocenters. The number of hydrogen-bond acceptors (Lipinski definition) is 6. The van der Waals surface area contributed by atoms with E-state index >= 15 is 0 Å². The van der Waals surface area contributed by atoms with Gasteiger partial charge in [-0.2, -0.15) is 0 Å². The van der Waals surface area contributed by atoms with Gasteiger partial charge in [0.05, 0.1) is 0 Å². The molecule has 0 N–H and O–H groups in total. The van der Waals surface area contributed by atoms with Gasteiger partial charge in [-0.1, -0.05) is 6.58 Å². The van der Waals surface area contributed by atoms with Crippen molar-refractivity contribution in [1.29, 1.82) is 0 Å². The Bertz CT molecular complexity index is 366. The first-order valence-corrected chi connectivity index (χ1v) is 10.8. The fourth-order valence-electron chi connectivity index (χ4n) is 1.68. The van der Waals surface area contributed by atoms with Crippen LogP contribution in [0.1, 0.15) is 34.6 Å². The summed E-state index contributed by atoms with van der Waals surface area (Å²) in [6.07, 6.45) is -2.19. The third-order valence-corrected chi connectivity index (χ3v) is 3.33. The highest BCUT2D eigenvalue weighted by atomic mass is 28.4. The maximum atomic E-state index is 11.4. The molecule has 0 aromatic carbocycles. The Morgan fingerprint density at radius 3 is 1.68 bits per heavy atom. The first-order valence-electron chi connectivity index (χ1n) is 7.41. The number of carbonyl (C=O) groups excluding carboxylic acids is 1. The van der Waals surface area contributed by atoms with Crippen LogP contribution in [0.15, 0.2) is 12.2 Å². The minimum Gasteiger partial charge on any atom is -0.433 e. The van der Waals surface area contributed by atoms with Crippen molar-refractivity contribution < 1.29 is 28.2 Å². The van der Waals surface area contributed by atoms with E-state index in [1.54, 1.807) is 27.7 Å². The molecule has 0 aliphatic heterocycles. The van der Waals surface area contributed by atoms with Crippen molar-refractivity contribution >= 4 is 14.3 Å². The number of rotatable bonds is 10. The summed E-state index contributed by atoms with van der Waals surface area (Å²) in [5.74, 6) is -0.499. The first kappa shape index (κ1) is 21.3. The van der Waals surface area contributed by atoms with Gasteiger partial charge < -0.3 is 23.4 Å². The molecule has 0 bridgehead atoms. The lowest BCUT2D eigenvalue weighted by Crippen LogP contribution is -2.35. The molecule has 6 nitrogen and oxygen atoms in total. The van der Waals surface area contributed by atoms with Crippen LogP contribution < -0.4 is 0 Å². The van der Waals surface area contributed by atoms with Crippen LogP contribution in [0.2, 0.25) is 19.6 Å². The highest BCUT2D eigenvalue weighted by molar-refractivity contribution is 6.69. The minimum absolute atomic E-state index is 0.318. The highest BCUT2D eigenvalue weighted by Crippen LogP contribution is 2.12. The predicted octanol–water partition coefficient (Wildman–Crippen LogP) is 3.39. The van der Waals surface area contributed by atoms with Crippen molar-refractivity contribution in [3.05, 3.63) is 12.2 Å². The topological polar surface area (TPSA) is 63.2 Å². The number of hydrogen-bond donors (Lipinski definition) is 0. The zero-order chi connectivity index (χ0) is 17.5. The summed E-state index contributed by atoms with van der Waals surface area (Å²) >= 11 is 0. The molecule has 0 saturated carbocycles. The van der Waals surface area contributed by atoms with Gasteiger partial charge in [-0.15, -0.1) is 0 Å². The van der Waals surface area contributed by atoms with Gasteiger partial charge >= 0.3 is 5.97 Å². The van der Waals surface area contributed by atoms with Gasteiger partial charge in [0.15, 0.2) is 20.9 Å². The molecule has 0 saturated heterocycles. The first-order chi connectivity index (χ1) is 9.90. The third-order valence-electron chi connectivity index (χ3n) is 2.29. The molecule has 0 amide bonds. The molecule has 7 heteroatoms. The second kappa shape index (κ2) is 9.42. The number of ether oxygens (including phenoxy) is 4. The summed E-state index contributed by atoms with van der Waals surface area (Å²) < 4.78 is 27.3. The Labute approximate surface area is 134 Å². The molecule has 0 aliphatic carbocycles. The Morgan fingerprint density at radius 1 is 0.864 bits per heavy atom. The van der Waals surface area contributed by atoms with Crippen molar-refractivity contribution in [2.45, 2.75) is 79.4 Å². The molecular formula is C15H30O6Si. The van der Waals surface area contributed by atoms with Crippen LogP contribution in [0.5, 0.6) is 0 Å². The molecule has 0 aliphatic rings. The monoisotopic (exact) mass is 334 g/mol. The summed E-state index contributed by atoms with van der Waals surface area (Å²) in [6, 6.07) is 0. The van der Waals surface area contributed by atoms with Crippen molar-refractivity contribution in [2.75, 3.05) is 0 Å². The maximum absolute atomic E-state index is 11.4. The van der Waals surface area contributed by atoms with Crippen molar-refractivity contribution in [3.63, 3.8) is 0 Å². The van der Waals surface area contributed by atoms with Crippen LogP contribution in [-0.4, -0.2) is 39.4 Å². The number of carbonyl (C=O) groups is 1. The Balaban J connectivity index is 4.11. The van der Waals surface area contributed by atoms with Crippen molar-refractivity contribution in [1.82, 2.24) is 0 Å². The predicted molar refractivity (Wildman–Crippen MR) is 86.4 cm³/mol. The van der Waals surface area contributed by atoms with E-state index in [0.717, 1.165) is 0 Å². The molecule has 130 valence electrons. The molecule has 0 rings (SSSR count). The summed E-state index contributed by atoms with van der Waals surface area (Å²) in [7, 11) is -1.66. The van der Waals surface area contributed by atoms with E-state index < -0.39 is 33.2 Å². The van der Waals surface area contributed by atoms with E-state index in [-0.39, 0.29) is 6.29 Å². The van der Waals surface area contributed by atoms with E-state index in [0.29, 0.717) is 5.57 Å². The van der Waals surface area contributed by atoms with Crippen LogP contribution in [0.3, 0.4) is 0 Å². The maximum Gasteiger partial charge on any atom is 0.335 e. The lowest BCUT2D eigenvalue weighted by molar-refractivity contribution is -0.294. The van der Waals surface area contributed by atoms with Gasteiger partial charge in [0, 0.05) is 5.57 Å². The Hall–Kier alpha value is -0.733. The zero-order valence-corrected chi connectivity index (χ0v) is 16.0. The average Bonchev–Trinajstić information content (AvgIpc) is 2.24. The fourth-order valence-corrected chi connectivity index (χ4v) is 2.73. The third kappa shape index (κ3) is 10.9. The summed E-state index contributed by atoms with van der Waals surface area (Å²) in [5.41, 5.74) is 0.318. The minimum atomic E-state index is -1.66. The molecule has 4 unspecified atom stereocenters. The molecule has 0 aromatic rings. The summed E-state index contributed by atoms with van der Waals surface area (Å²) in [4.78, 5) is 11.4. The Kier molecular flexibility index (Phi) is 9.10. The highest BCUT2D eigenvalue weighted by Gasteiger charge is 2.22. The van der Waals surface area contributed by atoms with Gasteiger partial charge in [0.25, 0.3) is 0 Å². The second-order valence-electron chi connectivity index (χ2n) is 6.09. The fraction of sp³-hybridized carbons (Fsp3) is 0.800.